The number of nitrogens with zero attached hydrogens (tertiary/aromatic N) is 4. The highest BCUT2D eigenvalue weighted by Gasteiger charge is 2.35. The van der Waals surface area contributed by atoms with Gasteiger partial charge in [-0.3, -0.25) is 14.6 Å². The van der Waals surface area contributed by atoms with Gasteiger partial charge in [-0.15, -0.1) is 0 Å². The summed E-state index contributed by atoms with van der Waals surface area (Å²) in [6.45, 7) is 9.30. The van der Waals surface area contributed by atoms with Gasteiger partial charge in [0.2, 0.25) is 15.9 Å². The minimum Gasteiger partial charge on any atom is -0.379 e. The zero-order chi connectivity index (χ0) is 27.6. The topological polar surface area (TPSA) is 83.1 Å². The summed E-state index contributed by atoms with van der Waals surface area (Å²) >= 11 is 1.54. The number of fused-ring (bicyclic) bond motifs is 1. The molecule has 0 bridgehead atoms. The van der Waals surface area contributed by atoms with Crippen LogP contribution in [0.25, 0.3) is 10.2 Å². The van der Waals surface area contributed by atoms with Crippen LogP contribution in [0.1, 0.15) is 30.4 Å². The molecule has 0 N–H and O–H groups in total. The summed E-state index contributed by atoms with van der Waals surface area (Å²) in [5.74, 6) is -0.765. The third kappa shape index (κ3) is 6.33. The van der Waals surface area contributed by atoms with Crippen molar-refractivity contribution < 1.29 is 22.3 Å². The Balaban J connectivity index is 1.31. The smallest absolute Gasteiger partial charge is 0.243 e. The average molecular weight is 575 g/mol. The molecular formula is C28H35FN4O4S2. The Morgan fingerprint density at radius 2 is 1.79 bits per heavy atom. The van der Waals surface area contributed by atoms with E-state index < -0.39 is 15.8 Å². The van der Waals surface area contributed by atoms with Crippen LogP contribution in [0.15, 0.2) is 41.3 Å². The summed E-state index contributed by atoms with van der Waals surface area (Å²) in [6.07, 6.45) is 1.68. The van der Waals surface area contributed by atoms with Crippen molar-refractivity contribution in [1.82, 2.24) is 14.2 Å². The van der Waals surface area contributed by atoms with E-state index in [0.29, 0.717) is 24.5 Å². The van der Waals surface area contributed by atoms with Crippen molar-refractivity contribution in [3.8, 4) is 0 Å². The monoisotopic (exact) mass is 574 g/mol. The number of hydrogen-bond donors (Lipinski definition) is 0. The van der Waals surface area contributed by atoms with Gasteiger partial charge in [0.05, 0.1) is 28.3 Å². The van der Waals surface area contributed by atoms with Crippen molar-refractivity contribution >= 4 is 42.6 Å². The summed E-state index contributed by atoms with van der Waals surface area (Å²) in [7, 11) is -3.74. The zero-order valence-electron chi connectivity index (χ0n) is 22.4. The molecule has 8 nitrogen and oxygen atoms in total. The van der Waals surface area contributed by atoms with Gasteiger partial charge in [-0.05, 0) is 74.6 Å². The van der Waals surface area contributed by atoms with Crippen LogP contribution in [0.3, 0.4) is 0 Å². The molecule has 2 aliphatic heterocycles. The van der Waals surface area contributed by atoms with Crippen molar-refractivity contribution in [1.29, 1.82) is 0 Å². The number of morpholine rings is 1. The predicted molar refractivity (Wildman–Crippen MR) is 151 cm³/mol. The molecule has 0 aliphatic carbocycles. The van der Waals surface area contributed by atoms with Crippen molar-refractivity contribution in [3.63, 3.8) is 0 Å². The maximum Gasteiger partial charge on any atom is 0.243 e. The molecule has 3 heterocycles. The average Bonchev–Trinajstić information content (AvgIpc) is 3.36. The van der Waals surface area contributed by atoms with E-state index in [1.54, 1.807) is 0 Å². The van der Waals surface area contributed by atoms with Gasteiger partial charge in [0.15, 0.2) is 5.13 Å². The number of rotatable bonds is 8. The van der Waals surface area contributed by atoms with Crippen molar-refractivity contribution in [2.45, 2.75) is 38.0 Å². The lowest BCUT2D eigenvalue weighted by atomic mass is 9.96. The molecule has 0 unspecified atom stereocenters. The van der Waals surface area contributed by atoms with Crippen molar-refractivity contribution in [2.24, 2.45) is 5.92 Å². The van der Waals surface area contributed by atoms with Gasteiger partial charge in [-0.2, -0.15) is 4.31 Å². The van der Waals surface area contributed by atoms with Crippen LogP contribution in [0.5, 0.6) is 0 Å². The lowest BCUT2D eigenvalue weighted by Gasteiger charge is -2.33. The molecule has 2 aromatic carbocycles. The summed E-state index contributed by atoms with van der Waals surface area (Å²) < 4.78 is 47.4. The fourth-order valence-electron chi connectivity index (χ4n) is 5.37. The number of ether oxygens (including phenoxy) is 1. The minimum absolute atomic E-state index is 0.00392. The molecule has 39 heavy (non-hydrogen) atoms. The number of amides is 1. The Labute approximate surface area is 233 Å². The van der Waals surface area contributed by atoms with Crippen LogP contribution in [0.2, 0.25) is 0 Å². The molecule has 1 aromatic heterocycles. The maximum absolute atomic E-state index is 13.9. The van der Waals surface area contributed by atoms with Crippen LogP contribution < -0.4 is 4.90 Å². The predicted octanol–water partition coefficient (Wildman–Crippen LogP) is 4.21. The molecule has 0 spiro atoms. The number of anilines is 1. The van der Waals surface area contributed by atoms with Gasteiger partial charge in [0.25, 0.3) is 0 Å². The summed E-state index contributed by atoms with van der Waals surface area (Å²) in [6, 6.07) is 9.09. The molecule has 5 rings (SSSR count). The Morgan fingerprint density at radius 3 is 2.49 bits per heavy atom. The standard InChI is InChI=1S/C28H35FN4O4S2/c1-20-18-21(2)26-25(19-20)38-28(30-26)33(11-3-10-31-14-16-37-17-15-31)27(34)22-8-12-32(13-9-22)39(35,36)24-6-4-23(29)5-7-24/h4-7,18-19,22H,3,8-17H2,1-2H3. The molecule has 0 saturated carbocycles. The molecule has 210 valence electrons. The van der Waals surface area contributed by atoms with Crippen LogP contribution in [0.4, 0.5) is 9.52 Å². The molecule has 0 atom stereocenters. The largest absolute Gasteiger partial charge is 0.379 e. The Kier molecular flexibility index (Phi) is 8.63. The highest BCUT2D eigenvalue weighted by Crippen LogP contribution is 2.34. The number of carbonyl (C=O) groups is 1. The molecule has 2 saturated heterocycles. The highest BCUT2D eigenvalue weighted by atomic mass is 32.2. The first-order chi connectivity index (χ1) is 18.7. The number of aromatic nitrogens is 1. The van der Waals surface area contributed by atoms with Crippen LogP contribution in [-0.2, 0) is 19.6 Å². The lowest BCUT2D eigenvalue weighted by Crippen LogP contribution is -2.45. The second-order valence-electron chi connectivity index (χ2n) is 10.4. The molecule has 2 fully saturated rings. The number of thiazole rings is 1. The minimum atomic E-state index is -3.74. The number of benzene rings is 2. The number of aryl methyl sites for hydroxylation is 2. The quantitative estimate of drug-likeness (QED) is 0.401. The SMILES string of the molecule is Cc1cc(C)c2nc(N(CCCN3CCOCC3)C(=O)C3CCN(S(=O)(=O)c4ccc(F)cc4)CC3)sc2c1. The maximum atomic E-state index is 13.9. The van der Waals surface area contributed by atoms with Gasteiger partial charge in [0.1, 0.15) is 5.82 Å². The summed E-state index contributed by atoms with van der Waals surface area (Å²) in [5, 5.41) is 0.701. The highest BCUT2D eigenvalue weighted by molar-refractivity contribution is 7.89. The Morgan fingerprint density at radius 1 is 1.10 bits per heavy atom. The van der Waals surface area contributed by atoms with Gasteiger partial charge in [0, 0.05) is 45.2 Å². The second-order valence-corrected chi connectivity index (χ2v) is 13.3. The van der Waals surface area contributed by atoms with E-state index in [4.69, 9.17) is 9.72 Å². The molecule has 2 aliphatic rings. The summed E-state index contributed by atoms with van der Waals surface area (Å²) in [5.41, 5.74) is 3.18. The molecular weight excluding hydrogens is 539 g/mol. The van der Waals surface area contributed by atoms with Crippen molar-refractivity contribution in [3.05, 3.63) is 53.3 Å². The van der Waals surface area contributed by atoms with E-state index in [-0.39, 0.29) is 29.8 Å². The first kappa shape index (κ1) is 28.1. The first-order valence-corrected chi connectivity index (χ1v) is 15.7. The van der Waals surface area contributed by atoms with Gasteiger partial charge < -0.3 is 4.74 Å². The second kappa shape index (κ2) is 12.0. The van der Waals surface area contributed by atoms with E-state index in [1.807, 2.05) is 11.8 Å². The number of piperidine rings is 1. The zero-order valence-corrected chi connectivity index (χ0v) is 24.1. The fraction of sp³-hybridized carbons (Fsp3) is 0.500. The first-order valence-electron chi connectivity index (χ1n) is 13.5. The van der Waals surface area contributed by atoms with Gasteiger partial charge in [-0.25, -0.2) is 17.8 Å². The van der Waals surface area contributed by atoms with Gasteiger partial charge >= 0.3 is 0 Å². The van der Waals surface area contributed by atoms with E-state index in [9.17, 15) is 17.6 Å². The van der Waals surface area contributed by atoms with E-state index in [1.165, 1.54) is 27.8 Å². The van der Waals surface area contributed by atoms with E-state index in [0.717, 1.165) is 72.7 Å². The molecule has 11 heteroatoms. The van der Waals surface area contributed by atoms with Crippen LogP contribution in [-0.4, -0.2) is 81.0 Å². The third-order valence-electron chi connectivity index (χ3n) is 7.53. The van der Waals surface area contributed by atoms with Crippen LogP contribution in [0, 0.1) is 25.6 Å². The molecule has 0 radical (unpaired) electrons. The Bertz CT molecular complexity index is 1410. The third-order valence-corrected chi connectivity index (χ3v) is 10.5. The van der Waals surface area contributed by atoms with E-state index in [2.05, 4.69) is 24.0 Å². The van der Waals surface area contributed by atoms with E-state index >= 15 is 0 Å². The van der Waals surface area contributed by atoms with Crippen LogP contribution >= 0.6 is 11.3 Å². The van der Waals surface area contributed by atoms with Crippen molar-refractivity contribution in [2.75, 3.05) is 57.4 Å². The van der Waals surface area contributed by atoms with Gasteiger partial charge in [-0.1, -0.05) is 17.4 Å². The Hall–Kier alpha value is -2.44. The number of hydrogen-bond acceptors (Lipinski definition) is 7. The number of halogens is 1. The normalized spacial score (nSPS) is 18.0. The summed E-state index contributed by atoms with van der Waals surface area (Å²) in [4.78, 5) is 23.1. The molecule has 1 amide bonds. The number of sulfonamides is 1. The number of carbonyl (C=O) groups excluding carboxylic acids is 1. The lowest BCUT2D eigenvalue weighted by molar-refractivity contribution is -0.123. The molecule has 3 aromatic rings. The fourth-order valence-corrected chi connectivity index (χ4v) is 8.01.